The predicted molar refractivity (Wildman–Crippen MR) is 110 cm³/mol. The summed E-state index contributed by atoms with van der Waals surface area (Å²) in [5.74, 6) is 1.41. The van der Waals surface area contributed by atoms with Gasteiger partial charge in [-0.15, -0.1) is 0 Å². The van der Waals surface area contributed by atoms with Crippen LogP contribution in [-0.4, -0.2) is 18.0 Å². The second-order valence-electron chi connectivity index (χ2n) is 6.37. The van der Waals surface area contributed by atoms with E-state index >= 15 is 0 Å². The Morgan fingerprint density at radius 3 is 2.93 bits per heavy atom. The summed E-state index contributed by atoms with van der Waals surface area (Å²) in [6, 6.07) is 13.2. The van der Waals surface area contributed by atoms with Crippen molar-refractivity contribution in [3.8, 4) is 11.5 Å². The first-order valence-corrected chi connectivity index (χ1v) is 9.84. The number of hydrogen-bond acceptors (Lipinski definition) is 6. The van der Waals surface area contributed by atoms with Crippen molar-refractivity contribution in [3.63, 3.8) is 0 Å². The van der Waals surface area contributed by atoms with E-state index in [1.165, 1.54) is 11.3 Å². The van der Waals surface area contributed by atoms with Crippen molar-refractivity contribution in [2.45, 2.75) is 18.9 Å². The van der Waals surface area contributed by atoms with Gasteiger partial charge in [-0.05, 0) is 23.8 Å². The van der Waals surface area contributed by atoms with E-state index in [1.807, 2.05) is 42.5 Å². The number of ether oxygens (including phenoxy) is 2. The number of amides is 1. The van der Waals surface area contributed by atoms with Gasteiger partial charge in [-0.3, -0.25) is 4.79 Å². The maximum atomic E-state index is 12.2. The number of rotatable bonds is 5. The standard InChI is InChI=1S/C20H18ClN3O3S/c1-26-15-7-3-6-13(17(15)27-10-11-4-2-5-12(21)8-11)14-9-16(25)23-19-18(14)28-20(22)24-19/h2-8,14H,9-10H2,1H3,(H2,22,24)(H,23,25)/t14-/m1/s1. The molecule has 0 spiro atoms. The molecule has 0 radical (unpaired) electrons. The fourth-order valence-corrected chi connectivity index (χ4v) is 4.41. The highest BCUT2D eigenvalue weighted by Crippen LogP contribution is 2.46. The molecule has 1 aromatic heterocycles. The number of hydrogen-bond donors (Lipinski definition) is 2. The van der Waals surface area contributed by atoms with Crippen LogP contribution in [0.25, 0.3) is 0 Å². The Morgan fingerprint density at radius 2 is 2.14 bits per heavy atom. The Bertz CT molecular complexity index is 1040. The topological polar surface area (TPSA) is 86.5 Å². The highest BCUT2D eigenvalue weighted by Gasteiger charge is 2.32. The van der Waals surface area contributed by atoms with Crippen molar-refractivity contribution in [2.24, 2.45) is 0 Å². The molecule has 0 aliphatic carbocycles. The smallest absolute Gasteiger partial charge is 0.226 e. The number of aromatic nitrogens is 1. The van der Waals surface area contributed by atoms with E-state index in [-0.39, 0.29) is 18.2 Å². The number of carbonyl (C=O) groups is 1. The largest absolute Gasteiger partial charge is 0.493 e. The number of methoxy groups -OCH3 is 1. The Kier molecular flexibility index (Phi) is 5.11. The van der Waals surface area contributed by atoms with Crippen LogP contribution in [-0.2, 0) is 11.4 Å². The predicted octanol–water partition coefficient (Wildman–Crippen LogP) is 4.44. The van der Waals surface area contributed by atoms with Crippen LogP contribution in [0.1, 0.15) is 28.3 Å². The van der Waals surface area contributed by atoms with E-state index in [4.69, 9.17) is 26.8 Å². The third-order valence-corrected chi connectivity index (χ3v) is 5.74. The molecular weight excluding hydrogens is 398 g/mol. The van der Waals surface area contributed by atoms with Crippen LogP contribution in [0.4, 0.5) is 10.9 Å². The van der Waals surface area contributed by atoms with Crippen molar-refractivity contribution in [1.29, 1.82) is 0 Å². The van der Waals surface area contributed by atoms with Gasteiger partial charge in [0, 0.05) is 22.9 Å². The van der Waals surface area contributed by atoms with Crippen molar-refractivity contribution in [2.75, 3.05) is 18.2 Å². The summed E-state index contributed by atoms with van der Waals surface area (Å²) in [6.07, 6.45) is 0.287. The molecule has 2 heterocycles. The minimum atomic E-state index is -0.206. The van der Waals surface area contributed by atoms with Crippen LogP contribution in [0.5, 0.6) is 11.5 Å². The van der Waals surface area contributed by atoms with Crippen LogP contribution in [0, 0.1) is 0 Å². The number of nitrogens with one attached hydrogen (secondary N) is 1. The fraction of sp³-hybridized carbons (Fsp3) is 0.200. The molecule has 0 saturated heterocycles. The average Bonchev–Trinajstić information content (AvgIpc) is 3.05. The number of nitrogen functional groups attached to an aromatic ring is 1. The first kappa shape index (κ1) is 18.6. The molecular formula is C20H18ClN3O3S. The van der Waals surface area contributed by atoms with Crippen LogP contribution < -0.4 is 20.5 Å². The monoisotopic (exact) mass is 415 g/mol. The molecule has 6 nitrogen and oxygen atoms in total. The lowest BCUT2D eigenvalue weighted by atomic mass is 9.90. The number of carbonyl (C=O) groups excluding carboxylic acids is 1. The van der Waals surface area contributed by atoms with E-state index in [2.05, 4.69) is 10.3 Å². The van der Waals surface area contributed by atoms with Crippen molar-refractivity contribution >= 4 is 39.8 Å². The highest BCUT2D eigenvalue weighted by molar-refractivity contribution is 7.16. The van der Waals surface area contributed by atoms with E-state index in [0.29, 0.717) is 34.1 Å². The van der Waals surface area contributed by atoms with Crippen LogP contribution in [0.15, 0.2) is 42.5 Å². The molecule has 144 valence electrons. The SMILES string of the molecule is COc1cccc([C@H]2CC(=O)Nc3nc(N)sc32)c1OCc1cccc(Cl)c1. The van der Waals surface area contributed by atoms with Gasteiger partial charge < -0.3 is 20.5 Å². The number of nitrogens with zero attached hydrogens (tertiary/aromatic N) is 1. The van der Waals surface area contributed by atoms with Gasteiger partial charge in [0.05, 0.1) is 12.0 Å². The molecule has 28 heavy (non-hydrogen) atoms. The summed E-state index contributed by atoms with van der Waals surface area (Å²) in [5, 5.41) is 3.85. The molecule has 3 N–H and O–H groups in total. The molecule has 1 amide bonds. The number of thiazole rings is 1. The minimum Gasteiger partial charge on any atom is -0.493 e. The zero-order valence-corrected chi connectivity index (χ0v) is 16.6. The summed E-state index contributed by atoms with van der Waals surface area (Å²) in [5.41, 5.74) is 7.68. The Morgan fingerprint density at radius 1 is 1.32 bits per heavy atom. The summed E-state index contributed by atoms with van der Waals surface area (Å²) < 4.78 is 11.7. The molecule has 8 heteroatoms. The van der Waals surface area contributed by atoms with E-state index < -0.39 is 0 Å². The first-order chi connectivity index (χ1) is 13.5. The number of benzene rings is 2. The molecule has 1 atom stereocenters. The van der Waals surface area contributed by atoms with Gasteiger partial charge in [-0.25, -0.2) is 4.98 Å². The molecule has 0 unspecified atom stereocenters. The second-order valence-corrected chi connectivity index (χ2v) is 7.87. The zero-order chi connectivity index (χ0) is 19.7. The number of halogens is 1. The summed E-state index contributed by atoms with van der Waals surface area (Å²) in [6.45, 7) is 0.324. The number of para-hydroxylation sites is 1. The molecule has 4 rings (SSSR count). The maximum Gasteiger partial charge on any atom is 0.226 e. The van der Waals surface area contributed by atoms with E-state index in [0.717, 1.165) is 16.0 Å². The lowest BCUT2D eigenvalue weighted by Crippen LogP contribution is -2.23. The Balaban J connectivity index is 1.72. The first-order valence-electron chi connectivity index (χ1n) is 8.65. The lowest BCUT2D eigenvalue weighted by Gasteiger charge is -2.24. The minimum absolute atomic E-state index is 0.105. The highest BCUT2D eigenvalue weighted by atomic mass is 35.5. The maximum absolute atomic E-state index is 12.2. The number of anilines is 2. The quantitative estimate of drug-likeness (QED) is 0.643. The molecule has 0 bridgehead atoms. The van der Waals surface area contributed by atoms with Gasteiger partial charge in [0.2, 0.25) is 5.91 Å². The van der Waals surface area contributed by atoms with Gasteiger partial charge in [-0.2, -0.15) is 0 Å². The molecule has 0 saturated carbocycles. The van der Waals surface area contributed by atoms with Crippen LogP contribution >= 0.6 is 22.9 Å². The van der Waals surface area contributed by atoms with Crippen molar-refractivity contribution in [1.82, 2.24) is 4.98 Å². The molecule has 1 aliphatic rings. The van der Waals surface area contributed by atoms with Crippen LogP contribution in [0.2, 0.25) is 5.02 Å². The summed E-state index contributed by atoms with van der Waals surface area (Å²) >= 11 is 7.44. The van der Waals surface area contributed by atoms with Gasteiger partial charge >= 0.3 is 0 Å². The molecule has 2 aromatic carbocycles. The Labute approximate surface area is 171 Å². The summed E-state index contributed by atoms with van der Waals surface area (Å²) in [4.78, 5) is 17.4. The second kappa shape index (κ2) is 7.69. The number of nitrogens with two attached hydrogens (primary N) is 1. The van der Waals surface area contributed by atoms with Crippen LogP contribution in [0.3, 0.4) is 0 Å². The molecule has 3 aromatic rings. The average molecular weight is 416 g/mol. The third-order valence-electron chi connectivity index (χ3n) is 4.51. The van der Waals surface area contributed by atoms with Crippen molar-refractivity contribution in [3.05, 3.63) is 63.5 Å². The van der Waals surface area contributed by atoms with Gasteiger partial charge in [0.1, 0.15) is 12.4 Å². The van der Waals surface area contributed by atoms with Gasteiger partial charge in [0.25, 0.3) is 0 Å². The zero-order valence-electron chi connectivity index (χ0n) is 15.1. The van der Waals surface area contributed by atoms with Gasteiger partial charge in [-0.1, -0.05) is 47.2 Å². The molecule has 1 aliphatic heterocycles. The Hall–Kier alpha value is -2.77. The molecule has 0 fully saturated rings. The van der Waals surface area contributed by atoms with Gasteiger partial charge in [0.15, 0.2) is 16.6 Å². The number of fused-ring (bicyclic) bond motifs is 1. The third kappa shape index (κ3) is 3.63. The normalized spacial score (nSPS) is 15.6. The van der Waals surface area contributed by atoms with E-state index in [1.54, 1.807) is 7.11 Å². The lowest BCUT2D eigenvalue weighted by molar-refractivity contribution is -0.116. The van der Waals surface area contributed by atoms with Crippen molar-refractivity contribution < 1.29 is 14.3 Å². The van der Waals surface area contributed by atoms with E-state index in [9.17, 15) is 4.79 Å². The summed E-state index contributed by atoms with van der Waals surface area (Å²) in [7, 11) is 1.59. The fourth-order valence-electron chi connectivity index (χ4n) is 3.29.